The Balaban J connectivity index is 2.07. The third-order valence-electron chi connectivity index (χ3n) is 3.12. The number of anilines is 2. The second-order valence-electron chi connectivity index (χ2n) is 4.24. The fourth-order valence-corrected chi connectivity index (χ4v) is 2.75. The number of halogens is 1. The Kier molecular flexibility index (Phi) is 3.35. The minimum Gasteiger partial charge on any atom is -0.397 e. The van der Waals surface area contributed by atoms with Crippen molar-refractivity contribution in [1.82, 2.24) is 4.98 Å². The van der Waals surface area contributed by atoms with E-state index in [0.717, 1.165) is 28.1 Å². The summed E-state index contributed by atoms with van der Waals surface area (Å²) in [6.45, 7) is 2.97. The van der Waals surface area contributed by atoms with Crippen LogP contribution in [-0.4, -0.2) is 22.5 Å². The van der Waals surface area contributed by atoms with Crippen LogP contribution in [0.25, 0.3) is 0 Å². The maximum atomic E-state index is 5.79. The number of hydrogen-bond donors (Lipinski definition) is 2. The highest BCUT2D eigenvalue weighted by Gasteiger charge is 2.41. The van der Waals surface area contributed by atoms with E-state index in [9.17, 15) is 0 Å². The number of nitrogens with two attached hydrogens (primary N) is 1. The number of rotatable bonds is 4. The summed E-state index contributed by atoms with van der Waals surface area (Å²) < 4.78 is 1.42. The lowest BCUT2D eigenvalue weighted by Crippen LogP contribution is -2.18. The van der Waals surface area contributed by atoms with Gasteiger partial charge in [0.15, 0.2) is 0 Å². The molecule has 0 radical (unpaired) electrons. The molecule has 1 aliphatic carbocycles. The van der Waals surface area contributed by atoms with E-state index in [4.69, 9.17) is 5.73 Å². The lowest BCUT2D eigenvalue weighted by molar-refractivity contribution is 0.938. The quantitative estimate of drug-likeness (QED) is 0.897. The van der Waals surface area contributed by atoms with Gasteiger partial charge in [-0.1, -0.05) is 0 Å². The Bertz CT molecular complexity index is 404. The molecule has 1 aromatic heterocycles. The molecule has 5 heteroatoms. The van der Waals surface area contributed by atoms with Gasteiger partial charge in [-0.05, 0) is 47.5 Å². The molecule has 2 rings (SSSR count). The van der Waals surface area contributed by atoms with Gasteiger partial charge in [0.1, 0.15) is 5.82 Å². The van der Waals surface area contributed by atoms with Crippen LogP contribution in [-0.2, 0) is 0 Å². The minimum atomic E-state index is 0.441. The van der Waals surface area contributed by atoms with Gasteiger partial charge in [0.25, 0.3) is 0 Å². The molecule has 0 aromatic carbocycles. The van der Waals surface area contributed by atoms with E-state index in [1.807, 2.05) is 18.7 Å². The van der Waals surface area contributed by atoms with Gasteiger partial charge in [0.05, 0.1) is 16.4 Å². The smallest absolute Gasteiger partial charge is 0.140 e. The predicted octanol–water partition coefficient (Wildman–Crippen LogP) is 3.04. The fourth-order valence-electron chi connectivity index (χ4n) is 1.55. The highest BCUT2D eigenvalue weighted by molar-refractivity contribution is 9.10. The first-order valence-electron chi connectivity index (χ1n) is 5.27. The van der Waals surface area contributed by atoms with Crippen LogP contribution in [0.3, 0.4) is 0 Å². The SMILES string of the molecule is CSC1(CNc2ncc(N)c(C)c2Br)CC1. The zero-order chi connectivity index (χ0) is 11.8. The maximum absolute atomic E-state index is 5.79. The van der Waals surface area contributed by atoms with Crippen LogP contribution in [0.4, 0.5) is 11.5 Å². The predicted molar refractivity (Wildman–Crippen MR) is 75.1 cm³/mol. The van der Waals surface area contributed by atoms with Crippen molar-refractivity contribution in [3.05, 3.63) is 16.2 Å². The molecule has 1 heterocycles. The second-order valence-corrected chi connectivity index (χ2v) is 6.31. The summed E-state index contributed by atoms with van der Waals surface area (Å²) in [5, 5.41) is 3.40. The first-order valence-corrected chi connectivity index (χ1v) is 7.29. The van der Waals surface area contributed by atoms with E-state index in [0.29, 0.717) is 4.75 Å². The zero-order valence-electron chi connectivity index (χ0n) is 9.51. The minimum absolute atomic E-state index is 0.441. The molecular formula is C11H16BrN3S. The lowest BCUT2D eigenvalue weighted by Gasteiger charge is -2.15. The van der Waals surface area contributed by atoms with E-state index in [1.54, 1.807) is 6.20 Å². The molecule has 0 bridgehead atoms. The molecule has 0 saturated heterocycles. The molecule has 3 nitrogen and oxygen atoms in total. The third kappa shape index (κ3) is 2.30. The average Bonchev–Trinajstić information content (AvgIpc) is 3.06. The van der Waals surface area contributed by atoms with Crippen molar-refractivity contribution in [1.29, 1.82) is 0 Å². The molecule has 16 heavy (non-hydrogen) atoms. The van der Waals surface area contributed by atoms with Crippen LogP contribution in [0.2, 0.25) is 0 Å². The van der Waals surface area contributed by atoms with Crippen LogP contribution in [0, 0.1) is 6.92 Å². The Morgan fingerprint density at radius 3 is 2.88 bits per heavy atom. The van der Waals surface area contributed by atoms with Crippen molar-refractivity contribution >= 4 is 39.2 Å². The van der Waals surface area contributed by atoms with E-state index >= 15 is 0 Å². The summed E-state index contributed by atoms with van der Waals surface area (Å²) in [6.07, 6.45) is 6.48. The van der Waals surface area contributed by atoms with Gasteiger partial charge in [-0.2, -0.15) is 11.8 Å². The zero-order valence-corrected chi connectivity index (χ0v) is 11.9. The molecule has 1 fully saturated rings. The largest absolute Gasteiger partial charge is 0.397 e. The Hall–Kier alpha value is -0.420. The van der Waals surface area contributed by atoms with Gasteiger partial charge in [0, 0.05) is 11.3 Å². The van der Waals surface area contributed by atoms with Crippen molar-refractivity contribution in [3.8, 4) is 0 Å². The van der Waals surface area contributed by atoms with Crippen LogP contribution in [0.15, 0.2) is 10.7 Å². The van der Waals surface area contributed by atoms with Gasteiger partial charge in [-0.3, -0.25) is 0 Å². The number of nitrogens with zero attached hydrogens (tertiary/aromatic N) is 1. The van der Waals surface area contributed by atoms with E-state index in [2.05, 4.69) is 32.5 Å². The molecule has 0 spiro atoms. The van der Waals surface area contributed by atoms with Gasteiger partial charge < -0.3 is 11.1 Å². The first-order chi connectivity index (χ1) is 7.58. The van der Waals surface area contributed by atoms with Crippen LogP contribution in [0.5, 0.6) is 0 Å². The number of thioether (sulfide) groups is 1. The van der Waals surface area contributed by atoms with Crippen molar-refractivity contribution in [3.63, 3.8) is 0 Å². The Morgan fingerprint density at radius 1 is 1.62 bits per heavy atom. The van der Waals surface area contributed by atoms with Crippen LogP contribution >= 0.6 is 27.7 Å². The van der Waals surface area contributed by atoms with Crippen molar-refractivity contribution in [2.24, 2.45) is 0 Å². The van der Waals surface area contributed by atoms with Gasteiger partial charge in [-0.25, -0.2) is 4.98 Å². The summed E-state index contributed by atoms with van der Waals surface area (Å²) in [6, 6.07) is 0. The molecule has 0 atom stereocenters. The van der Waals surface area contributed by atoms with E-state index < -0.39 is 0 Å². The van der Waals surface area contributed by atoms with Gasteiger partial charge in [-0.15, -0.1) is 0 Å². The number of hydrogen-bond acceptors (Lipinski definition) is 4. The molecule has 0 amide bonds. The Morgan fingerprint density at radius 2 is 2.31 bits per heavy atom. The van der Waals surface area contributed by atoms with E-state index in [1.165, 1.54) is 12.8 Å². The maximum Gasteiger partial charge on any atom is 0.140 e. The summed E-state index contributed by atoms with van der Waals surface area (Å²) >= 11 is 5.47. The monoisotopic (exact) mass is 301 g/mol. The van der Waals surface area contributed by atoms with Crippen molar-refractivity contribution in [2.75, 3.05) is 23.9 Å². The topological polar surface area (TPSA) is 50.9 Å². The Labute approximate surface area is 109 Å². The number of aromatic nitrogens is 1. The standard InChI is InChI=1S/C11H16BrN3S/c1-7-8(13)5-14-10(9(7)12)15-6-11(16-2)3-4-11/h5H,3-4,6,13H2,1-2H3,(H,14,15). The fraction of sp³-hybridized carbons (Fsp3) is 0.545. The van der Waals surface area contributed by atoms with Crippen molar-refractivity contribution < 1.29 is 0 Å². The normalized spacial score (nSPS) is 17.2. The molecule has 88 valence electrons. The van der Waals surface area contributed by atoms with E-state index in [-0.39, 0.29) is 0 Å². The molecular weight excluding hydrogens is 286 g/mol. The number of nitrogens with one attached hydrogen (secondary N) is 1. The molecule has 1 aromatic rings. The van der Waals surface area contributed by atoms with Crippen LogP contribution < -0.4 is 11.1 Å². The summed E-state index contributed by atoms with van der Waals surface area (Å²) in [7, 11) is 0. The van der Waals surface area contributed by atoms with Gasteiger partial charge in [0.2, 0.25) is 0 Å². The first kappa shape index (κ1) is 12.0. The molecule has 1 aliphatic rings. The molecule has 3 N–H and O–H groups in total. The third-order valence-corrected chi connectivity index (χ3v) is 5.51. The highest BCUT2D eigenvalue weighted by Crippen LogP contribution is 2.47. The van der Waals surface area contributed by atoms with Crippen molar-refractivity contribution in [2.45, 2.75) is 24.5 Å². The second kappa shape index (κ2) is 4.45. The summed E-state index contributed by atoms with van der Waals surface area (Å²) in [5.74, 6) is 0.895. The average molecular weight is 302 g/mol. The molecule has 0 unspecified atom stereocenters. The van der Waals surface area contributed by atoms with Crippen LogP contribution in [0.1, 0.15) is 18.4 Å². The summed E-state index contributed by atoms with van der Waals surface area (Å²) in [5.41, 5.74) is 7.56. The van der Waals surface area contributed by atoms with Gasteiger partial charge >= 0.3 is 0 Å². The highest BCUT2D eigenvalue weighted by atomic mass is 79.9. The molecule has 0 aliphatic heterocycles. The number of nitrogen functional groups attached to an aromatic ring is 1. The molecule has 1 saturated carbocycles. The summed E-state index contributed by atoms with van der Waals surface area (Å²) in [4.78, 5) is 4.31. The number of pyridine rings is 1. The lowest BCUT2D eigenvalue weighted by atomic mass is 10.2.